The Balaban J connectivity index is 2.28. The molecule has 2 atom stereocenters. The van der Waals surface area contributed by atoms with E-state index in [4.69, 9.17) is 5.73 Å². The Morgan fingerprint density at radius 3 is 2.75 bits per heavy atom. The Bertz CT molecular complexity index is 422. The molecule has 2 rings (SSSR count). The summed E-state index contributed by atoms with van der Waals surface area (Å²) in [5.74, 6) is -1.94. The summed E-state index contributed by atoms with van der Waals surface area (Å²) in [5.41, 5.74) is 6.33. The minimum Gasteiger partial charge on any atom is -0.348 e. The predicted octanol–water partition coefficient (Wildman–Crippen LogP) is 1.24. The second-order valence-electron chi connectivity index (χ2n) is 3.92. The van der Waals surface area contributed by atoms with E-state index in [1.54, 1.807) is 0 Å². The van der Waals surface area contributed by atoms with Gasteiger partial charge in [-0.15, -0.1) is 0 Å². The molecule has 86 valence electrons. The predicted molar refractivity (Wildman–Crippen MR) is 54.5 cm³/mol. The molecular formula is C11H12F2N2O. The van der Waals surface area contributed by atoms with Crippen molar-refractivity contribution >= 4 is 5.91 Å². The zero-order chi connectivity index (χ0) is 11.7. The molecule has 0 spiro atoms. The second kappa shape index (κ2) is 4.17. The van der Waals surface area contributed by atoms with Crippen molar-refractivity contribution in [1.82, 2.24) is 5.32 Å². The van der Waals surface area contributed by atoms with Gasteiger partial charge < -0.3 is 11.1 Å². The summed E-state index contributed by atoms with van der Waals surface area (Å²) in [4.78, 5) is 11.2. The minimum atomic E-state index is -0.926. The smallest absolute Gasteiger partial charge is 0.220 e. The largest absolute Gasteiger partial charge is 0.348 e. The Labute approximate surface area is 91.6 Å². The number of carbonyl (C=O) groups is 1. The molecule has 0 bridgehead atoms. The van der Waals surface area contributed by atoms with Gasteiger partial charge in [-0.1, -0.05) is 6.07 Å². The highest BCUT2D eigenvalue weighted by atomic mass is 19.2. The molecule has 3 nitrogen and oxygen atoms in total. The van der Waals surface area contributed by atoms with Crippen molar-refractivity contribution in [3.8, 4) is 0 Å². The van der Waals surface area contributed by atoms with Gasteiger partial charge in [-0.2, -0.15) is 0 Å². The van der Waals surface area contributed by atoms with E-state index in [1.807, 2.05) is 0 Å². The van der Waals surface area contributed by atoms with Gasteiger partial charge in [-0.3, -0.25) is 4.79 Å². The highest BCUT2D eigenvalue weighted by Gasteiger charge is 2.27. The lowest BCUT2D eigenvalue weighted by molar-refractivity contribution is -0.123. The highest BCUT2D eigenvalue weighted by Crippen LogP contribution is 2.23. The van der Waals surface area contributed by atoms with Crippen LogP contribution in [0.15, 0.2) is 18.2 Å². The number of carbonyl (C=O) groups excluding carboxylic acids is 1. The summed E-state index contributed by atoms with van der Waals surface area (Å²) in [6.07, 6.45) is 0.927. The zero-order valence-corrected chi connectivity index (χ0v) is 8.54. The minimum absolute atomic E-state index is 0.114. The Hall–Kier alpha value is -1.49. The van der Waals surface area contributed by atoms with Gasteiger partial charge in [0.2, 0.25) is 5.91 Å². The molecule has 3 N–H and O–H groups in total. The van der Waals surface area contributed by atoms with E-state index < -0.39 is 17.7 Å². The van der Waals surface area contributed by atoms with Crippen LogP contribution < -0.4 is 11.1 Å². The van der Waals surface area contributed by atoms with E-state index >= 15 is 0 Å². The molecule has 1 amide bonds. The summed E-state index contributed by atoms with van der Waals surface area (Å²) < 4.78 is 25.8. The molecule has 1 aromatic rings. The van der Waals surface area contributed by atoms with Crippen molar-refractivity contribution < 1.29 is 13.6 Å². The number of amides is 1. The Morgan fingerprint density at radius 2 is 2.06 bits per heavy atom. The first-order chi connectivity index (χ1) is 7.58. The first-order valence-corrected chi connectivity index (χ1v) is 5.08. The van der Waals surface area contributed by atoms with Crippen LogP contribution in [0.2, 0.25) is 0 Å². The summed E-state index contributed by atoms with van der Waals surface area (Å²) >= 11 is 0. The average Bonchev–Trinajstić information content (AvgIpc) is 2.26. The Kier molecular flexibility index (Phi) is 2.87. The molecule has 0 aliphatic carbocycles. The zero-order valence-electron chi connectivity index (χ0n) is 8.54. The van der Waals surface area contributed by atoms with Gasteiger partial charge in [0.05, 0.1) is 6.04 Å². The van der Waals surface area contributed by atoms with Crippen molar-refractivity contribution in [1.29, 1.82) is 0 Å². The van der Waals surface area contributed by atoms with Crippen LogP contribution in [0.4, 0.5) is 8.78 Å². The topological polar surface area (TPSA) is 55.1 Å². The fourth-order valence-electron chi connectivity index (χ4n) is 1.85. The average molecular weight is 226 g/mol. The first-order valence-electron chi connectivity index (χ1n) is 5.08. The molecule has 1 aromatic carbocycles. The Morgan fingerprint density at radius 1 is 1.31 bits per heavy atom. The molecule has 1 saturated heterocycles. The molecule has 5 heteroatoms. The lowest BCUT2D eigenvalue weighted by Crippen LogP contribution is -2.45. The van der Waals surface area contributed by atoms with Crippen molar-refractivity contribution in [3.63, 3.8) is 0 Å². The number of hydrogen-bond acceptors (Lipinski definition) is 2. The van der Waals surface area contributed by atoms with Crippen molar-refractivity contribution in [2.45, 2.75) is 24.9 Å². The van der Waals surface area contributed by atoms with Gasteiger partial charge in [0, 0.05) is 12.5 Å². The maximum atomic E-state index is 13.0. The van der Waals surface area contributed by atoms with Gasteiger partial charge in [0.25, 0.3) is 0 Å². The van der Waals surface area contributed by atoms with E-state index in [9.17, 15) is 13.6 Å². The summed E-state index contributed by atoms with van der Waals surface area (Å²) in [7, 11) is 0. The molecule has 1 heterocycles. The number of benzene rings is 1. The fraction of sp³-hybridized carbons (Fsp3) is 0.364. The van der Waals surface area contributed by atoms with Gasteiger partial charge in [0.15, 0.2) is 11.6 Å². The maximum absolute atomic E-state index is 13.0. The third-order valence-corrected chi connectivity index (χ3v) is 2.75. The molecule has 0 saturated carbocycles. The van der Waals surface area contributed by atoms with Gasteiger partial charge in [-0.25, -0.2) is 8.78 Å². The summed E-state index contributed by atoms with van der Waals surface area (Å²) in [6, 6.07) is 2.86. The summed E-state index contributed by atoms with van der Waals surface area (Å²) in [5, 5.41) is 2.68. The van der Waals surface area contributed by atoms with Gasteiger partial charge in [-0.05, 0) is 24.1 Å². The van der Waals surface area contributed by atoms with Crippen molar-refractivity contribution in [3.05, 3.63) is 35.4 Å². The fourth-order valence-corrected chi connectivity index (χ4v) is 1.85. The SMILES string of the molecule is NC1CCC(=O)NC1c1ccc(F)c(F)c1. The van der Waals surface area contributed by atoms with E-state index in [0.717, 1.165) is 12.1 Å². The quantitative estimate of drug-likeness (QED) is 0.757. The van der Waals surface area contributed by atoms with E-state index in [1.165, 1.54) is 6.07 Å². The van der Waals surface area contributed by atoms with Crippen LogP contribution in [0.1, 0.15) is 24.4 Å². The molecule has 1 aliphatic rings. The monoisotopic (exact) mass is 226 g/mol. The standard InChI is InChI=1S/C11H12F2N2O/c12-7-2-1-6(5-8(7)13)11-9(14)3-4-10(16)15-11/h1-2,5,9,11H,3-4,14H2,(H,15,16). The summed E-state index contributed by atoms with van der Waals surface area (Å²) in [6.45, 7) is 0. The number of nitrogens with one attached hydrogen (secondary N) is 1. The van der Waals surface area contributed by atoms with Crippen LogP contribution in [0.3, 0.4) is 0 Å². The number of rotatable bonds is 1. The first kappa shape index (κ1) is 11.0. The molecule has 1 aliphatic heterocycles. The van der Waals surface area contributed by atoms with Crippen molar-refractivity contribution in [2.75, 3.05) is 0 Å². The molecule has 0 radical (unpaired) electrons. The molecule has 16 heavy (non-hydrogen) atoms. The van der Waals surface area contributed by atoms with Crippen molar-refractivity contribution in [2.24, 2.45) is 5.73 Å². The molecule has 0 aromatic heterocycles. The van der Waals surface area contributed by atoms with Crippen LogP contribution in [0.25, 0.3) is 0 Å². The van der Waals surface area contributed by atoms with Gasteiger partial charge >= 0.3 is 0 Å². The lowest BCUT2D eigenvalue weighted by Gasteiger charge is -2.29. The maximum Gasteiger partial charge on any atom is 0.220 e. The van der Waals surface area contributed by atoms with E-state index in [2.05, 4.69) is 5.32 Å². The van der Waals surface area contributed by atoms with E-state index in [-0.39, 0.29) is 11.9 Å². The number of piperidine rings is 1. The highest BCUT2D eigenvalue weighted by molar-refractivity contribution is 5.77. The number of halogens is 2. The van der Waals surface area contributed by atoms with Crippen LogP contribution in [-0.4, -0.2) is 11.9 Å². The van der Waals surface area contributed by atoms with Crippen LogP contribution in [0.5, 0.6) is 0 Å². The molecule has 1 fully saturated rings. The lowest BCUT2D eigenvalue weighted by atomic mass is 9.92. The second-order valence-corrected chi connectivity index (χ2v) is 3.92. The molecule has 2 unspecified atom stereocenters. The number of nitrogens with two attached hydrogens (primary N) is 1. The third kappa shape index (κ3) is 2.04. The van der Waals surface area contributed by atoms with Crippen LogP contribution >= 0.6 is 0 Å². The molecular weight excluding hydrogens is 214 g/mol. The van der Waals surface area contributed by atoms with Crippen LogP contribution in [0, 0.1) is 11.6 Å². The van der Waals surface area contributed by atoms with Crippen LogP contribution in [-0.2, 0) is 4.79 Å². The third-order valence-electron chi connectivity index (χ3n) is 2.75. The van der Waals surface area contributed by atoms with E-state index in [0.29, 0.717) is 18.4 Å². The van der Waals surface area contributed by atoms with Gasteiger partial charge in [0.1, 0.15) is 0 Å². The normalized spacial score (nSPS) is 25.3. The number of hydrogen-bond donors (Lipinski definition) is 2.